The van der Waals surface area contributed by atoms with Crippen LogP contribution in [0.2, 0.25) is 0 Å². The Labute approximate surface area is 144 Å². The number of ketones is 1. The highest BCUT2D eigenvalue weighted by atomic mass is 16.1. The summed E-state index contributed by atoms with van der Waals surface area (Å²) in [6.45, 7) is 4.10. The molecule has 2 aromatic carbocycles. The van der Waals surface area contributed by atoms with Crippen molar-refractivity contribution in [2.45, 2.75) is 45.4 Å². The molecule has 1 amide bonds. The van der Waals surface area contributed by atoms with Crippen LogP contribution in [0.3, 0.4) is 0 Å². The van der Waals surface area contributed by atoms with Crippen LogP contribution in [0.25, 0.3) is 0 Å². The molecule has 0 aliphatic rings. The van der Waals surface area contributed by atoms with E-state index in [2.05, 4.69) is 12.2 Å². The van der Waals surface area contributed by atoms with Crippen molar-refractivity contribution in [3.05, 3.63) is 65.7 Å². The average molecular weight is 323 g/mol. The lowest BCUT2D eigenvalue weighted by Crippen LogP contribution is -2.17. The molecular formula is C21H25NO2. The fourth-order valence-electron chi connectivity index (χ4n) is 2.90. The lowest BCUT2D eigenvalue weighted by Gasteiger charge is -2.19. The predicted octanol–water partition coefficient (Wildman–Crippen LogP) is 5.19. The maximum absolute atomic E-state index is 12.5. The minimum absolute atomic E-state index is 0.151. The van der Waals surface area contributed by atoms with E-state index in [0.717, 1.165) is 30.5 Å². The van der Waals surface area contributed by atoms with Crippen molar-refractivity contribution in [2.75, 3.05) is 5.32 Å². The lowest BCUT2D eigenvalue weighted by atomic mass is 9.87. The maximum Gasteiger partial charge on any atom is 0.255 e. The Morgan fingerprint density at radius 2 is 1.58 bits per heavy atom. The molecule has 1 N–H and O–H groups in total. The number of rotatable bonds is 8. The fourth-order valence-corrected chi connectivity index (χ4v) is 2.90. The summed E-state index contributed by atoms with van der Waals surface area (Å²) in [7, 11) is 0. The standard InChI is InChI=1S/C21H25NO2/c1-3-10-18(20(23)11-4-2)17-14-8-9-15-19(17)22-21(24)16-12-6-5-7-13-16/h5-9,12-15,18H,3-4,10-11H2,1-2H3,(H,22,24). The van der Waals surface area contributed by atoms with E-state index in [1.807, 2.05) is 49.4 Å². The van der Waals surface area contributed by atoms with Crippen molar-refractivity contribution < 1.29 is 9.59 Å². The molecule has 24 heavy (non-hydrogen) atoms. The minimum atomic E-state index is -0.152. The molecular weight excluding hydrogens is 298 g/mol. The van der Waals surface area contributed by atoms with Gasteiger partial charge in [-0.1, -0.05) is 56.7 Å². The van der Waals surface area contributed by atoms with E-state index in [9.17, 15) is 9.59 Å². The minimum Gasteiger partial charge on any atom is -0.322 e. The smallest absolute Gasteiger partial charge is 0.255 e. The molecule has 2 rings (SSSR count). The van der Waals surface area contributed by atoms with Crippen LogP contribution in [-0.4, -0.2) is 11.7 Å². The Kier molecular flexibility index (Phi) is 6.74. The third-order valence-electron chi connectivity index (χ3n) is 4.08. The average Bonchev–Trinajstić information content (AvgIpc) is 2.61. The Hall–Kier alpha value is -2.42. The van der Waals surface area contributed by atoms with Gasteiger partial charge in [0.2, 0.25) is 0 Å². The quantitative estimate of drug-likeness (QED) is 0.726. The molecule has 3 nitrogen and oxygen atoms in total. The molecule has 0 saturated carbocycles. The van der Waals surface area contributed by atoms with Gasteiger partial charge in [0.15, 0.2) is 0 Å². The summed E-state index contributed by atoms with van der Waals surface area (Å²) < 4.78 is 0. The van der Waals surface area contributed by atoms with E-state index in [1.165, 1.54) is 0 Å². The highest BCUT2D eigenvalue weighted by Gasteiger charge is 2.22. The van der Waals surface area contributed by atoms with Gasteiger partial charge in [-0.15, -0.1) is 0 Å². The molecule has 126 valence electrons. The number of anilines is 1. The molecule has 1 unspecified atom stereocenters. The van der Waals surface area contributed by atoms with Crippen LogP contribution in [0.4, 0.5) is 5.69 Å². The van der Waals surface area contributed by atoms with E-state index in [1.54, 1.807) is 12.1 Å². The maximum atomic E-state index is 12.5. The second kappa shape index (κ2) is 9.02. The largest absolute Gasteiger partial charge is 0.322 e. The van der Waals surface area contributed by atoms with Gasteiger partial charge in [-0.2, -0.15) is 0 Å². The summed E-state index contributed by atoms with van der Waals surface area (Å²) >= 11 is 0. The molecule has 0 heterocycles. The monoisotopic (exact) mass is 323 g/mol. The number of nitrogens with one attached hydrogen (secondary N) is 1. The van der Waals surface area contributed by atoms with E-state index < -0.39 is 0 Å². The Bertz CT molecular complexity index is 679. The number of hydrogen-bond acceptors (Lipinski definition) is 2. The van der Waals surface area contributed by atoms with Crippen LogP contribution in [0.15, 0.2) is 54.6 Å². The molecule has 3 heteroatoms. The van der Waals surface area contributed by atoms with Crippen LogP contribution in [0.5, 0.6) is 0 Å². The summed E-state index contributed by atoms with van der Waals surface area (Å²) in [4.78, 5) is 25.0. The molecule has 0 bridgehead atoms. The van der Waals surface area contributed by atoms with Gasteiger partial charge in [0.1, 0.15) is 5.78 Å². The number of carbonyl (C=O) groups excluding carboxylic acids is 2. The summed E-state index contributed by atoms with van der Waals surface area (Å²) in [6, 6.07) is 16.8. The number of hydrogen-bond donors (Lipinski definition) is 1. The topological polar surface area (TPSA) is 46.2 Å². The van der Waals surface area contributed by atoms with E-state index in [-0.39, 0.29) is 17.6 Å². The number of amides is 1. The van der Waals surface area contributed by atoms with Crippen molar-refractivity contribution in [1.82, 2.24) is 0 Å². The zero-order valence-corrected chi connectivity index (χ0v) is 14.4. The van der Waals surface area contributed by atoms with Gasteiger partial charge in [0.05, 0.1) is 0 Å². The zero-order chi connectivity index (χ0) is 17.4. The number of benzene rings is 2. The number of carbonyl (C=O) groups is 2. The van der Waals surface area contributed by atoms with Gasteiger partial charge in [-0.3, -0.25) is 9.59 Å². The Morgan fingerprint density at radius 3 is 2.25 bits per heavy atom. The molecule has 2 aromatic rings. The van der Waals surface area contributed by atoms with Crippen molar-refractivity contribution in [1.29, 1.82) is 0 Å². The second-order valence-electron chi connectivity index (χ2n) is 5.96. The first-order valence-electron chi connectivity index (χ1n) is 8.65. The summed E-state index contributed by atoms with van der Waals surface area (Å²) in [5, 5.41) is 2.97. The summed E-state index contributed by atoms with van der Waals surface area (Å²) in [6.07, 6.45) is 3.15. The van der Waals surface area contributed by atoms with Crippen molar-refractivity contribution >= 4 is 17.4 Å². The lowest BCUT2D eigenvalue weighted by molar-refractivity contribution is -0.120. The first kappa shape index (κ1) is 17.9. The van der Waals surface area contributed by atoms with Crippen LogP contribution in [0, 0.1) is 0 Å². The molecule has 0 fully saturated rings. The van der Waals surface area contributed by atoms with Gasteiger partial charge >= 0.3 is 0 Å². The molecule has 0 saturated heterocycles. The van der Waals surface area contributed by atoms with E-state index >= 15 is 0 Å². The molecule has 1 atom stereocenters. The first-order valence-corrected chi connectivity index (χ1v) is 8.65. The highest BCUT2D eigenvalue weighted by Crippen LogP contribution is 2.30. The van der Waals surface area contributed by atoms with Gasteiger partial charge in [0, 0.05) is 23.6 Å². The molecule has 0 aliphatic heterocycles. The summed E-state index contributed by atoms with van der Waals surface area (Å²) in [5.74, 6) is -0.0516. The second-order valence-corrected chi connectivity index (χ2v) is 5.96. The van der Waals surface area contributed by atoms with Crippen molar-refractivity contribution in [3.8, 4) is 0 Å². The first-order chi connectivity index (χ1) is 11.7. The normalized spacial score (nSPS) is 11.8. The predicted molar refractivity (Wildman–Crippen MR) is 98.4 cm³/mol. The third kappa shape index (κ3) is 4.54. The van der Waals surface area contributed by atoms with Gasteiger partial charge < -0.3 is 5.32 Å². The highest BCUT2D eigenvalue weighted by molar-refractivity contribution is 6.05. The van der Waals surface area contributed by atoms with Crippen LogP contribution in [0.1, 0.15) is 61.4 Å². The summed E-state index contributed by atoms with van der Waals surface area (Å²) in [5.41, 5.74) is 2.26. The molecule has 0 radical (unpaired) electrons. The van der Waals surface area contributed by atoms with E-state index in [4.69, 9.17) is 0 Å². The Balaban J connectivity index is 2.28. The van der Waals surface area contributed by atoms with Crippen LogP contribution >= 0.6 is 0 Å². The number of para-hydroxylation sites is 1. The Morgan fingerprint density at radius 1 is 0.917 bits per heavy atom. The van der Waals surface area contributed by atoms with Crippen LogP contribution < -0.4 is 5.32 Å². The zero-order valence-electron chi connectivity index (χ0n) is 14.4. The fraction of sp³-hybridized carbons (Fsp3) is 0.333. The SMILES string of the molecule is CCCC(=O)C(CCC)c1ccccc1NC(=O)c1ccccc1. The van der Waals surface area contributed by atoms with Gasteiger partial charge in [-0.25, -0.2) is 0 Å². The third-order valence-corrected chi connectivity index (χ3v) is 4.08. The van der Waals surface area contributed by atoms with Crippen molar-refractivity contribution in [3.63, 3.8) is 0 Å². The van der Waals surface area contributed by atoms with Gasteiger partial charge in [-0.05, 0) is 36.6 Å². The van der Waals surface area contributed by atoms with Crippen LogP contribution in [-0.2, 0) is 4.79 Å². The molecule has 0 aliphatic carbocycles. The molecule has 0 spiro atoms. The number of Topliss-reactive ketones (excluding diaryl/α,β-unsaturated/α-hetero) is 1. The molecule has 0 aromatic heterocycles. The van der Waals surface area contributed by atoms with Crippen molar-refractivity contribution in [2.24, 2.45) is 0 Å². The van der Waals surface area contributed by atoms with E-state index in [0.29, 0.717) is 12.0 Å². The van der Waals surface area contributed by atoms with Gasteiger partial charge in [0.25, 0.3) is 5.91 Å².